The molecule has 0 aromatic carbocycles. The Bertz CT molecular complexity index is 374. The van der Waals surface area contributed by atoms with E-state index in [1.54, 1.807) is 0 Å². The number of nitrogens with zero attached hydrogens (tertiary/aromatic N) is 1. The quantitative estimate of drug-likeness (QED) is 0.632. The fourth-order valence-corrected chi connectivity index (χ4v) is 1.50. The standard InChI is InChI=1S/C9H11N3O2/c10-8-3-5(9(13)14)6(4-12-8)7-1-2-11-7/h3-4,7,11H,1-2H2,(H2,10,12)(H,13,14). The Morgan fingerprint density at radius 3 is 2.93 bits per heavy atom. The number of hydrogen-bond acceptors (Lipinski definition) is 4. The second kappa shape index (κ2) is 3.26. The second-order valence-corrected chi connectivity index (χ2v) is 3.30. The number of nitrogens with two attached hydrogens (primary N) is 1. The highest BCUT2D eigenvalue weighted by atomic mass is 16.4. The van der Waals surface area contributed by atoms with Crippen molar-refractivity contribution in [1.82, 2.24) is 10.3 Å². The largest absolute Gasteiger partial charge is 0.478 e. The van der Waals surface area contributed by atoms with Crippen LogP contribution in [0, 0.1) is 0 Å². The van der Waals surface area contributed by atoms with Crippen LogP contribution in [0.2, 0.25) is 0 Å². The van der Waals surface area contributed by atoms with Crippen molar-refractivity contribution in [1.29, 1.82) is 0 Å². The zero-order valence-electron chi connectivity index (χ0n) is 7.53. The van der Waals surface area contributed by atoms with Gasteiger partial charge in [0.15, 0.2) is 0 Å². The summed E-state index contributed by atoms with van der Waals surface area (Å²) in [5.74, 6) is -0.715. The number of carboxylic acids is 1. The molecule has 5 nitrogen and oxygen atoms in total. The first-order valence-corrected chi connectivity index (χ1v) is 4.40. The highest BCUT2D eigenvalue weighted by Gasteiger charge is 2.24. The molecule has 1 unspecified atom stereocenters. The number of aromatic carboxylic acids is 1. The minimum absolute atomic E-state index is 0.120. The lowest BCUT2D eigenvalue weighted by Gasteiger charge is -2.28. The van der Waals surface area contributed by atoms with E-state index in [0.717, 1.165) is 18.5 Å². The minimum atomic E-state index is -0.956. The van der Waals surface area contributed by atoms with Crippen LogP contribution < -0.4 is 11.1 Å². The summed E-state index contributed by atoms with van der Waals surface area (Å²) in [4.78, 5) is 14.8. The minimum Gasteiger partial charge on any atom is -0.478 e. The fourth-order valence-electron chi connectivity index (χ4n) is 1.50. The van der Waals surface area contributed by atoms with Gasteiger partial charge in [0, 0.05) is 17.8 Å². The maximum absolute atomic E-state index is 10.9. The van der Waals surface area contributed by atoms with E-state index in [1.807, 2.05) is 0 Å². The highest BCUT2D eigenvalue weighted by molar-refractivity contribution is 5.90. The van der Waals surface area contributed by atoms with Crippen LogP contribution in [0.1, 0.15) is 28.4 Å². The number of carbonyl (C=O) groups is 1. The molecule has 1 atom stereocenters. The number of nitrogen functional groups attached to an aromatic ring is 1. The van der Waals surface area contributed by atoms with Crippen molar-refractivity contribution >= 4 is 11.8 Å². The number of carboxylic acid groups (broad SMARTS) is 1. The molecule has 1 aliphatic rings. The van der Waals surface area contributed by atoms with E-state index in [2.05, 4.69) is 10.3 Å². The molecule has 14 heavy (non-hydrogen) atoms. The molecule has 0 bridgehead atoms. The highest BCUT2D eigenvalue weighted by Crippen LogP contribution is 2.26. The maximum Gasteiger partial charge on any atom is 0.336 e. The molecule has 2 rings (SSSR count). The van der Waals surface area contributed by atoms with Crippen molar-refractivity contribution in [2.24, 2.45) is 0 Å². The van der Waals surface area contributed by atoms with E-state index in [4.69, 9.17) is 10.8 Å². The van der Waals surface area contributed by atoms with E-state index in [1.165, 1.54) is 12.3 Å². The van der Waals surface area contributed by atoms with E-state index >= 15 is 0 Å². The third kappa shape index (κ3) is 1.42. The predicted molar refractivity (Wildman–Crippen MR) is 51.0 cm³/mol. The SMILES string of the molecule is Nc1cc(C(=O)O)c(C2CCN2)cn1. The fraction of sp³-hybridized carbons (Fsp3) is 0.333. The summed E-state index contributed by atoms with van der Waals surface area (Å²) in [6, 6.07) is 1.52. The van der Waals surface area contributed by atoms with Gasteiger partial charge in [-0.25, -0.2) is 9.78 Å². The van der Waals surface area contributed by atoms with Crippen LogP contribution in [0.25, 0.3) is 0 Å². The molecule has 0 radical (unpaired) electrons. The Kier molecular flexibility index (Phi) is 2.09. The van der Waals surface area contributed by atoms with E-state index < -0.39 is 5.97 Å². The lowest BCUT2D eigenvalue weighted by Crippen LogP contribution is -2.36. The molecular formula is C9H11N3O2. The van der Waals surface area contributed by atoms with Gasteiger partial charge < -0.3 is 16.2 Å². The molecule has 5 heteroatoms. The normalized spacial score (nSPS) is 20.1. The van der Waals surface area contributed by atoms with Crippen LogP contribution in [-0.2, 0) is 0 Å². The number of aromatic nitrogens is 1. The molecular weight excluding hydrogens is 182 g/mol. The van der Waals surface area contributed by atoms with Gasteiger partial charge in [0.25, 0.3) is 0 Å². The van der Waals surface area contributed by atoms with E-state index in [-0.39, 0.29) is 17.4 Å². The van der Waals surface area contributed by atoms with E-state index in [0.29, 0.717) is 0 Å². The van der Waals surface area contributed by atoms with Crippen molar-refractivity contribution in [3.05, 3.63) is 23.4 Å². The summed E-state index contributed by atoms with van der Waals surface area (Å²) in [6.07, 6.45) is 2.49. The lowest BCUT2D eigenvalue weighted by molar-refractivity contribution is 0.0694. The number of nitrogens with one attached hydrogen (secondary N) is 1. The van der Waals surface area contributed by atoms with Gasteiger partial charge in [0.1, 0.15) is 5.82 Å². The van der Waals surface area contributed by atoms with Crippen molar-refractivity contribution in [2.45, 2.75) is 12.5 Å². The molecule has 0 saturated carbocycles. The van der Waals surface area contributed by atoms with Gasteiger partial charge in [-0.15, -0.1) is 0 Å². The molecule has 1 saturated heterocycles. The molecule has 2 heterocycles. The third-order valence-corrected chi connectivity index (χ3v) is 2.39. The summed E-state index contributed by atoms with van der Waals surface area (Å²) in [6.45, 7) is 0.925. The molecule has 1 aliphatic heterocycles. The zero-order chi connectivity index (χ0) is 10.1. The van der Waals surface area contributed by atoms with Gasteiger partial charge in [0.2, 0.25) is 0 Å². The van der Waals surface area contributed by atoms with Gasteiger partial charge in [-0.05, 0) is 19.0 Å². The van der Waals surface area contributed by atoms with Gasteiger partial charge in [-0.2, -0.15) is 0 Å². The maximum atomic E-state index is 10.9. The van der Waals surface area contributed by atoms with E-state index in [9.17, 15) is 4.79 Å². The molecule has 4 N–H and O–H groups in total. The van der Waals surface area contributed by atoms with Crippen molar-refractivity contribution in [3.8, 4) is 0 Å². The van der Waals surface area contributed by atoms with Crippen LogP contribution >= 0.6 is 0 Å². The molecule has 0 amide bonds. The Morgan fingerprint density at radius 1 is 1.71 bits per heavy atom. The van der Waals surface area contributed by atoms with Crippen LogP contribution in [0.4, 0.5) is 5.82 Å². The third-order valence-electron chi connectivity index (χ3n) is 2.39. The van der Waals surface area contributed by atoms with Crippen LogP contribution in [0.5, 0.6) is 0 Å². The average molecular weight is 193 g/mol. The molecule has 1 fully saturated rings. The summed E-state index contributed by atoms with van der Waals surface area (Å²) < 4.78 is 0. The number of pyridine rings is 1. The molecule has 0 spiro atoms. The van der Waals surface area contributed by atoms with Gasteiger partial charge in [0.05, 0.1) is 5.56 Å². The summed E-state index contributed by atoms with van der Waals surface area (Å²) >= 11 is 0. The van der Waals surface area contributed by atoms with Crippen LogP contribution in [0.15, 0.2) is 12.3 Å². The Labute approximate surface area is 81.0 Å². The number of anilines is 1. The van der Waals surface area contributed by atoms with Gasteiger partial charge in [-0.1, -0.05) is 0 Å². The first kappa shape index (κ1) is 8.96. The van der Waals surface area contributed by atoms with Crippen molar-refractivity contribution in [3.63, 3.8) is 0 Å². The average Bonchev–Trinajstić information content (AvgIpc) is 2.04. The lowest BCUT2D eigenvalue weighted by atomic mass is 9.95. The van der Waals surface area contributed by atoms with Gasteiger partial charge in [-0.3, -0.25) is 0 Å². The summed E-state index contributed by atoms with van der Waals surface area (Å²) in [5.41, 5.74) is 6.40. The number of rotatable bonds is 2. The first-order valence-electron chi connectivity index (χ1n) is 4.40. The summed E-state index contributed by atoms with van der Waals surface area (Å²) in [7, 11) is 0. The van der Waals surface area contributed by atoms with Crippen LogP contribution in [0.3, 0.4) is 0 Å². The molecule has 0 aliphatic carbocycles. The number of hydrogen-bond donors (Lipinski definition) is 3. The molecule has 74 valence electrons. The second-order valence-electron chi connectivity index (χ2n) is 3.30. The monoisotopic (exact) mass is 193 g/mol. The van der Waals surface area contributed by atoms with Crippen LogP contribution in [-0.4, -0.2) is 22.6 Å². The molecule has 1 aromatic heterocycles. The van der Waals surface area contributed by atoms with Crippen molar-refractivity contribution in [2.75, 3.05) is 12.3 Å². The molecule has 1 aromatic rings. The Hall–Kier alpha value is -1.62. The summed E-state index contributed by atoms with van der Waals surface area (Å²) in [5, 5.41) is 12.1. The zero-order valence-corrected chi connectivity index (χ0v) is 7.53. The Morgan fingerprint density at radius 2 is 2.43 bits per heavy atom. The topological polar surface area (TPSA) is 88.2 Å². The van der Waals surface area contributed by atoms with Crippen molar-refractivity contribution < 1.29 is 9.90 Å². The van der Waals surface area contributed by atoms with Gasteiger partial charge >= 0.3 is 5.97 Å². The Balaban J connectivity index is 2.41. The predicted octanol–water partition coefficient (Wildman–Crippen LogP) is 0.396. The smallest absolute Gasteiger partial charge is 0.336 e. The first-order chi connectivity index (χ1) is 6.68.